The molecule has 0 fully saturated rings. The first-order chi connectivity index (χ1) is 14.5. The second-order valence-electron chi connectivity index (χ2n) is 6.79. The van der Waals surface area contributed by atoms with Crippen molar-refractivity contribution in [3.8, 4) is 0 Å². The Morgan fingerprint density at radius 1 is 1.13 bits per heavy atom. The molecule has 2 aromatic rings. The van der Waals surface area contributed by atoms with E-state index in [1.807, 2.05) is 61.2 Å². The zero-order valence-corrected chi connectivity index (χ0v) is 18.1. The molecule has 30 heavy (non-hydrogen) atoms. The molecule has 1 amide bonds. The maximum atomic E-state index is 12.7. The summed E-state index contributed by atoms with van der Waals surface area (Å²) >= 11 is 5.51. The summed E-state index contributed by atoms with van der Waals surface area (Å²) in [5.41, 5.74) is 3.29. The highest BCUT2D eigenvalue weighted by atomic mass is 32.1. The van der Waals surface area contributed by atoms with Gasteiger partial charge in [-0.1, -0.05) is 30.3 Å². The largest absolute Gasteiger partial charge is 0.463 e. The minimum absolute atomic E-state index is 0.200. The number of esters is 1. The summed E-state index contributed by atoms with van der Waals surface area (Å²) in [7, 11) is 0. The van der Waals surface area contributed by atoms with E-state index in [9.17, 15) is 9.59 Å². The van der Waals surface area contributed by atoms with Crippen molar-refractivity contribution in [3.63, 3.8) is 0 Å². The summed E-state index contributed by atoms with van der Waals surface area (Å²) in [4.78, 5) is 27.1. The van der Waals surface area contributed by atoms with Crippen LogP contribution < -0.4 is 10.6 Å². The molecule has 1 aliphatic rings. The summed E-state index contributed by atoms with van der Waals surface area (Å²) in [6, 6.07) is 15.9. The van der Waals surface area contributed by atoms with Gasteiger partial charge in [0.05, 0.1) is 18.2 Å². The number of benzene rings is 2. The van der Waals surface area contributed by atoms with Gasteiger partial charge in [0.15, 0.2) is 5.11 Å². The number of thiocarbonyl (C=S) groups is 1. The molecular formula is C23H25N3O3S. The molecule has 3 rings (SSSR count). The van der Waals surface area contributed by atoms with E-state index < -0.39 is 6.04 Å². The topological polar surface area (TPSA) is 70.7 Å². The molecule has 0 saturated heterocycles. The molecule has 0 bridgehead atoms. The first-order valence-corrected chi connectivity index (χ1v) is 10.3. The van der Waals surface area contributed by atoms with Crippen LogP contribution in [0.5, 0.6) is 0 Å². The highest BCUT2D eigenvalue weighted by Gasteiger charge is 2.34. The van der Waals surface area contributed by atoms with Crippen LogP contribution in [0.3, 0.4) is 0 Å². The lowest BCUT2D eigenvalue weighted by Crippen LogP contribution is -2.47. The molecule has 0 saturated carbocycles. The van der Waals surface area contributed by atoms with Gasteiger partial charge in [-0.3, -0.25) is 4.79 Å². The van der Waals surface area contributed by atoms with Gasteiger partial charge >= 0.3 is 5.97 Å². The van der Waals surface area contributed by atoms with Crippen LogP contribution in [0, 0.1) is 0 Å². The van der Waals surface area contributed by atoms with E-state index in [0.717, 1.165) is 11.3 Å². The second kappa shape index (κ2) is 9.54. The first kappa shape index (κ1) is 21.5. The Morgan fingerprint density at radius 3 is 2.53 bits per heavy atom. The van der Waals surface area contributed by atoms with Crippen molar-refractivity contribution < 1.29 is 14.3 Å². The fraction of sp³-hybridized carbons (Fsp3) is 0.261. The highest BCUT2D eigenvalue weighted by molar-refractivity contribution is 7.80. The predicted octanol–water partition coefficient (Wildman–Crippen LogP) is 4.03. The van der Waals surface area contributed by atoms with Gasteiger partial charge in [-0.15, -0.1) is 0 Å². The number of nitrogens with zero attached hydrogens (tertiary/aromatic N) is 1. The number of allylic oxidation sites excluding steroid dienone is 1. The number of hydrogen-bond donors (Lipinski definition) is 2. The van der Waals surface area contributed by atoms with Crippen molar-refractivity contribution in [2.45, 2.75) is 26.8 Å². The van der Waals surface area contributed by atoms with Crippen molar-refractivity contribution in [2.75, 3.05) is 18.5 Å². The van der Waals surface area contributed by atoms with Gasteiger partial charge < -0.3 is 20.3 Å². The Morgan fingerprint density at radius 2 is 1.87 bits per heavy atom. The number of ether oxygens (including phenoxy) is 1. The number of amides is 1. The third-order valence-electron chi connectivity index (χ3n) is 4.92. The number of hydrogen-bond acceptors (Lipinski definition) is 4. The van der Waals surface area contributed by atoms with E-state index in [0.29, 0.717) is 28.5 Å². The smallest absolute Gasteiger partial charge is 0.338 e. The second-order valence-corrected chi connectivity index (χ2v) is 7.18. The van der Waals surface area contributed by atoms with E-state index in [-0.39, 0.29) is 18.5 Å². The van der Waals surface area contributed by atoms with Gasteiger partial charge in [-0.25, -0.2) is 4.79 Å². The maximum absolute atomic E-state index is 12.7. The van der Waals surface area contributed by atoms with Gasteiger partial charge in [0, 0.05) is 23.5 Å². The molecule has 1 heterocycles. The number of carbonyl (C=O) groups excluding carboxylic acids is 2. The summed E-state index contributed by atoms with van der Waals surface area (Å²) in [6.07, 6.45) is 0. The van der Waals surface area contributed by atoms with Crippen LogP contribution in [0.4, 0.5) is 5.69 Å². The number of carbonyl (C=O) groups is 2. The molecule has 0 aromatic heterocycles. The Kier molecular flexibility index (Phi) is 6.84. The van der Waals surface area contributed by atoms with Gasteiger partial charge in [-0.2, -0.15) is 0 Å². The van der Waals surface area contributed by atoms with Crippen molar-refractivity contribution in [1.82, 2.24) is 10.2 Å². The average Bonchev–Trinajstić information content (AvgIpc) is 2.74. The summed E-state index contributed by atoms with van der Waals surface area (Å²) in [5, 5.41) is 6.71. The number of rotatable bonds is 6. The zero-order chi connectivity index (χ0) is 21.7. The quantitative estimate of drug-likeness (QED) is 0.540. The van der Waals surface area contributed by atoms with Crippen LogP contribution in [0.1, 0.15) is 42.7 Å². The number of nitrogens with one attached hydrogen (secondary N) is 2. The van der Waals surface area contributed by atoms with Crippen LogP contribution >= 0.6 is 12.2 Å². The SMILES string of the molecule is CCOC(=O)C1=C(C)N(CC)C(=S)NC1c1cccc(NC(=O)c2ccccc2)c1. The molecule has 1 aliphatic heterocycles. The van der Waals surface area contributed by atoms with E-state index in [2.05, 4.69) is 10.6 Å². The molecule has 1 unspecified atom stereocenters. The van der Waals surface area contributed by atoms with Crippen molar-refractivity contribution >= 4 is 34.9 Å². The lowest BCUT2D eigenvalue weighted by molar-refractivity contribution is -0.139. The molecular weight excluding hydrogens is 398 g/mol. The van der Waals surface area contributed by atoms with Gasteiger partial charge in [0.1, 0.15) is 0 Å². The zero-order valence-electron chi connectivity index (χ0n) is 17.3. The first-order valence-electron chi connectivity index (χ1n) is 9.88. The van der Waals surface area contributed by atoms with E-state index in [4.69, 9.17) is 17.0 Å². The van der Waals surface area contributed by atoms with Crippen LogP contribution in [0.2, 0.25) is 0 Å². The molecule has 2 aromatic carbocycles. The molecule has 1 atom stereocenters. The Bertz CT molecular complexity index is 988. The standard InChI is InChI=1S/C23H25N3O3S/c1-4-26-15(3)19(22(28)29-5-2)20(25-23(26)30)17-12-9-13-18(14-17)24-21(27)16-10-7-6-8-11-16/h6-14,20H,4-5H2,1-3H3,(H,24,27)(H,25,30). The Balaban J connectivity index is 1.94. The molecule has 0 spiro atoms. The molecule has 6 nitrogen and oxygen atoms in total. The van der Waals surface area contributed by atoms with Crippen molar-refractivity contribution in [1.29, 1.82) is 0 Å². The summed E-state index contributed by atoms with van der Waals surface area (Å²) in [5.74, 6) is -0.582. The lowest BCUT2D eigenvalue weighted by atomic mass is 9.94. The minimum Gasteiger partial charge on any atom is -0.463 e. The third kappa shape index (κ3) is 4.52. The van der Waals surface area contributed by atoms with E-state index in [1.165, 1.54) is 0 Å². The maximum Gasteiger partial charge on any atom is 0.338 e. The summed E-state index contributed by atoms with van der Waals surface area (Å²) < 4.78 is 5.31. The minimum atomic E-state index is -0.465. The molecule has 2 N–H and O–H groups in total. The molecule has 7 heteroatoms. The van der Waals surface area contributed by atoms with Crippen LogP contribution in [-0.2, 0) is 9.53 Å². The monoisotopic (exact) mass is 423 g/mol. The average molecular weight is 424 g/mol. The van der Waals surface area contributed by atoms with E-state index >= 15 is 0 Å². The third-order valence-corrected chi connectivity index (χ3v) is 5.26. The van der Waals surface area contributed by atoms with Gasteiger partial charge in [0.25, 0.3) is 5.91 Å². The predicted molar refractivity (Wildman–Crippen MR) is 121 cm³/mol. The molecule has 0 aliphatic carbocycles. The highest BCUT2D eigenvalue weighted by Crippen LogP contribution is 2.32. The van der Waals surface area contributed by atoms with Crippen molar-refractivity contribution in [2.24, 2.45) is 0 Å². The van der Waals surface area contributed by atoms with Crippen LogP contribution in [0.15, 0.2) is 65.9 Å². The Labute approximate surface area is 181 Å². The van der Waals surface area contributed by atoms with Crippen LogP contribution in [0.25, 0.3) is 0 Å². The number of anilines is 1. The van der Waals surface area contributed by atoms with Gasteiger partial charge in [0.2, 0.25) is 0 Å². The molecule has 156 valence electrons. The fourth-order valence-corrected chi connectivity index (χ4v) is 3.86. The molecule has 0 radical (unpaired) electrons. The lowest BCUT2D eigenvalue weighted by Gasteiger charge is -2.37. The van der Waals surface area contributed by atoms with Gasteiger partial charge in [-0.05, 0) is 62.8 Å². The Hall–Kier alpha value is -3.19. The normalized spacial score (nSPS) is 16.2. The fourth-order valence-electron chi connectivity index (χ4n) is 3.47. The van der Waals surface area contributed by atoms with E-state index in [1.54, 1.807) is 19.1 Å². The summed E-state index contributed by atoms with van der Waals surface area (Å²) in [6.45, 7) is 6.55. The van der Waals surface area contributed by atoms with Crippen molar-refractivity contribution in [3.05, 3.63) is 77.0 Å². The van der Waals surface area contributed by atoms with Crippen LogP contribution in [-0.4, -0.2) is 35.0 Å².